The fourth-order valence-electron chi connectivity index (χ4n) is 3.42. The van der Waals surface area contributed by atoms with Crippen molar-refractivity contribution < 1.29 is 22.8 Å². The monoisotopic (exact) mass is 497 g/mol. The van der Waals surface area contributed by atoms with E-state index in [4.69, 9.17) is 11.5 Å². The lowest BCUT2D eigenvalue weighted by Gasteiger charge is -2.24. The Kier molecular flexibility index (Phi) is 7.73. The zero-order valence-corrected chi connectivity index (χ0v) is 20.2. The fourth-order valence-corrected chi connectivity index (χ4v) is 4.59. The largest absolute Gasteiger partial charge is 0.341 e. The summed E-state index contributed by atoms with van der Waals surface area (Å²) in [6.45, 7) is 3.68. The van der Waals surface area contributed by atoms with Crippen molar-refractivity contribution in [2.75, 3.05) is 0 Å². The van der Waals surface area contributed by atoms with Crippen molar-refractivity contribution >= 4 is 38.2 Å². The van der Waals surface area contributed by atoms with Gasteiger partial charge in [0.25, 0.3) is 5.91 Å². The van der Waals surface area contributed by atoms with E-state index in [1.807, 2.05) is 26.0 Å². The van der Waals surface area contributed by atoms with E-state index in [9.17, 15) is 22.8 Å². The van der Waals surface area contributed by atoms with Gasteiger partial charge in [-0.15, -0.1) is 0 Å². The van der Waals surface area contributed by atoms with Crippen LogP contribution in [0.3, 0.4) is 0 Å². The molecule has 0 spiro atoms. The molecule has 1 amide bonds. The molecule has 11 heteroatoms. The number of para-hydroxylation sites is 1. The number of nitrogens with zero attached hydrogens (tertiary/aromatic N) is 2. The van der Waals surface area contributed by atoms with E-state index in [1.54, 1.807) is 18.2 Å². The summed E-state index contributed by atoms with van der Waals surface area (Å²) in [4.78, 5) is 43.8. The lowest BCUT2D eigenvalue weighted by Crippen LogP contribution is -2.63. The smallest absolute Gasteiger partial charge is 0.270 e. The van der Waals surface area contributed by atoms with Gasteiger partial charge in [-0.05, 0) is 36.6 Å². The van der Waals surface area contributed by atoms with Crippen molar-refractivity contribution in [1.29, 1.82) is 0 Å². The predicted molar refractivity (Wildman–Crippen MR) is 130 cm³/mol. The number of aromatic nitrogens is 2. The highest BCUT2D eigenvalue weighted by Crippen LogP contribution is 2.19. The van der Waals surface area contributed by atoms with Crippen LogP contribution in [0, 0.1) is 5.92 Å². The van der Waals surface area contributed by atoms with Crippen LogP contribution in [-0.2, 0) is 19.4 Å². The van der Waals surface area contributed by atoms with Crippen LogP contribution in [0.25, 0.3) is 10.9 Å². The summed E-state index contributed by atoms with van der Waals surface area (Å²) < 4.78 is 25.5. The first-order chi connectivity index (χ1) is 16.4. The SMILES string of the molecule is CC(C)C[C@H](NC(=O)c1ccc2ccccc2n1)C(=O)CC(=O)C(N)(N)S(=O)(=O)c1ccccn1. The minimum absolute atomic E-state index is 0.0262. The molecule has 2 aromatic heterocycles. The van der Waals surface area contributed by atoms with Crippen LogP contribution < -0.4 is 16.8 Å². The van der Waals surface area contributed by atoms with Gasteiger partial charge in [-0.25, -0.2) is 18.4 Å². The number of carbonyl (C=O) groups is 3. The molecule has 0 bridgehead atoms. The highest BCUT2D eigenvalue weighted by atomic mass is 32.2. The van der Waals surface area contributed by atoms with Gasteiger partial charge >= 0.3 is 0 Å². The maximum Gasteiger partial charge on any atom is 0.270 e. The van der Waals surface area contributed by atoms with Gasteiger partial charge in [0.05, 0.1) is 18.0 Å². The van der Waals surface area contributed by atoms with Gasteiger partial charge in [0.1, 0.15) is 5.69 Å². The molecule has 2 heterocycles. The normalized spacial score (nSPS) is 12.9. The quantitative estimate of drug-likeness (QED) is 0.276. The summed E-state index contributed by atoms with van der Waals surface area (Å²) >= 11 is 0. The van der Waals surface area contributed by atoms with Crippen molar-refractivity contribution in [2.24, 2.45) is 17.4 Å². The van der Waals surface area contributed by atoms with E-state index in [2.05, 4.69) is 15.3 Å². The molecule has 3 aromatic rings. The van der Waals surface area contributed by atoms with Crippen LogP contribution in [0.2, 0.25) is 0 Å². The summed E-state index contributed by atoms with van der Waals surface area (Å²) in [7, 11) is -4.57. The van der Waals surface area contributed by atoms with Crippen LogP contribution in [0.5, 0.6) is 0 Å². The van der Waals surface area contributed by atoms with Crippen LogP contribution in [0.1, 0.15) is 37.2 Å². The maximum absolute atomic E-state index is 13.0. The number of ketones is 2. The Hall–Kier alpha value is -3.54. The van der Waals surface area contributed by atoms with Crippen LogP contribution in [-0.4, -0.2) is 46.9 Å². The van der Waals surface area contributed by atoms with Crippen LogP contribution in [0.15, 0.2) is 65.8 Å². The Morgan fingerprint density at radius 2 is 1.69 bits per heavy atom. The third kappa shape index (κ3) is 5.76. The molecular formula is C24H27N5O5S. The summed E-state index contributed by atoms with van der Waals surface area (Å²) in [6, 6.07) is 13.5. The fraction of sp³-hybridized carbons (Fsp3) is 0.292. The van der Waals surface area contributed by atoms with E-state index < -0.39 is 49.8 Å². The standard InChI is InChI=1S/C24H27N5O5S/c1-15(2)13-19(29-23(32)18-11-10-16-7-3-4-8-17(16)28-18)20(30)14-21(31)24(25,26)35(33,34)22-9-5-6-12-27-22/h3-12,15,19H,13-14,25-26H2,1-2H3,(H,29,32)/t19-/m0/s1. The summed E-state index contributed by atoms with van der Waals surface area (Å²) in [5.41, 5.74) is 12.1. The third-order valence-corrected chi connectivity index (χ3v) is 7.27. The highest BCUT2D eigenvalue weighted by molar-refractivity contribution is 7.93. The first-order valence-corrected chi connectivity index (χ1v) is 12.4. The zero-order chi connectivity index (χ0) is 25.8. The Morgan fingerprint density at radius 3 is 2.34 bits per heavy atom. The van der Waals surface area contributed by atoms with Crippen LogP contribution >= 0.6 is 0 Å². The van der Waals surface area contributed by atoms with Crippen molar-refractivity contribution in [1.82, 2.24) is 15.3 Å². The zero-order valence-electron chi connectivity index (χ0n) is 19.3. The molecule has 0 aliphatic carbocycles. The number of nitrogens with two attached hydrogens (primary N) is 2. The molecule has 0 saturated heterocycles. The van der Waals surface area contributed by atoms with Crippen molar-refractivity contribution in [3.63, 3.8) is 0 Å². The van der Waals surface area contributed by atoms with E-state index in [1.165, 1.54) is 24.4 Å². The number of Topliss-reactive ketones (excluding diaryl/α,β-unsaturated/α-hetero) is 2. The number of hydrogen-bond acceptors (Lipinski definition) is 9. The highest BCUT2D eigenvalue weighted by Gasteiger charge is 2.46. The maximum atomic E-state index is 13.0. The molecule has 0 unspecified atom stereocenters. The molecular weight excluding hydrogens is 470 g/mol. The van der Waals surface area contributed by atoms with E-state index >= 15 is 0 Å². The Bertz CT molecular complexity index is 1360. The number of pyridine rings is 2. The Labute approximate surface area is 203 Å². The summed E-state index contributed by atoms with van der Waals surface area (Å²) in [5.74, 6) is -2.55. The number of nitrogens with one attached hydrogen (secondary N) is 1. The van der Waals surface area contributed by atoms with E-state index in [0.29, 0.717) is 5.52 Å². The minimum Gasteiger partial charge on any atom is -0.341 e. The lowest BCUT2D eigenvalue weighted by atomic mass is 9.96. The number of hydrogen-bond donors (Lipinski definition) is 3. The minimum atomic E-state index is -4.57. The number of benzene rings is 1. The molecule has 5 N–H and O–H groups in total. The molecule has 184 valence electrons. The number of carbonyl (C=O) groups excluding carboxylic acids is 3. The number of fused-ring (bicyclic) bond motifs is 1. The van der Waals surface area contributed by atoms with Crippen molar-refractivity contribution in [3.05, 3.63) is 66.5 Å². The second-order valence-corrected chi connectivity index (χ2v) is 10.7. The molecule has 3 rings (SSSR count). The second kappa shape index (κ2) is 10.4. The second-order valence-electron chi connectivity index (χ2n) is 8.58. The third-order valence-electron chi connectivity index (χ3n) is 5.36. The van der Waals surface area contributed by atoms with Gasteiger partial charge in [-0.3, -0.25) is 25.9 Å². The molecule has 0 aliphatic rings. The Balaban J connectivity index is 1.79. The van der Waals surface area contributed by atoms with E-state index in [0.717, 1.165) is 11.5 Å². The van der Waals surface area contributed by atoms with Crippen molar-refractivity contribution in [2.45, 2.75) is 42.8 Å². The topological polar surface area (TPSA) is 175 Å². The van der Waals surface area contributed by atoms with Gasteiger partial charge in [0, 0.05) is 11.6 Å². The molecule has 10 nitrogen and oxygen atoms in total. The first kappa shape index (κ1) is 26.1. The first-order valence-electron chi connectivity index (χ1n) is 10.9. The molecule has 0 fully saturated rings. The number of rotatable bonds is 10. The van der Waals surface area contributed by atoms with Crippen LogP contribution in [0.4, 0.5) is 0 Å². The molecule has 1 aromatic carbocycles. The van der Waals surface area contributed by atoms with Gasteiger partial charge in [0.15, 0.2) is 16.6 Å². The molecule has 1 atom stereocenters. The van der Waals surface area contributed by atoms with E-state index in [-0.39, 0.29) is 18.0 Å². The molecule has 0 radical (unpaired) electrons. The summed E-state index contributed by atoms with van der Waals surface area (Å²) in [5, 5.41) is 2.97. The van der Waals surface area contributed by atoms with Gasteiger partial charge in [-0.1, -0.05) is 44.2 Å². The summed E-state index contributed by atoms with van der Waals surface area (Å²) in [6.07, 6.45) is 0.538. The average molecular weight is 498 g/mol. The van der Waals surface area contributed by atoms with Gasteiger partial charge in [0.2, 0.25) is 14.8 Å². The Morgan fingerprint density at radius 1 is 1.00 bits per heavy atom. The van der Waals surface area contributed by atoms with Crippen molar-refractivity contribution in [3.8, 4) is 0 Å². The molecule has 0 saturated carbocycles. The number of amides is 1. The lowest BCUT2D eigenvalue weighted by molar-refractivity contribution is -0.129. The number of sulfone groups is 1. The molecule has 0 aliphatic heterocycles. The van der Waals surface area contributed by atoms with Gasteiger partial charge < -0.3 is 5.32 Å². The average Bonchev–Trinajstić information content (AvgIpc) is 2.83. The predicted octanol–water partition coefficient (Wildman–Crippen LogP) is 1.35. The van der Waals surface area contributed by atoms with Gasteiger partial charge in [-0.2, -0.15) is 0 Å². The molecule has 35 heavy (non-hydrogen) atoms.